The molecule has 132 valence electrons. The summed E-state index contributed by atoms with van der Waals surface area (Å²) in [5, 5.41) is 1.21. The van der Waals surface area contributed by atoms with Gasteiger partial charge < -0.3 is 19.4 Å². The third-order valence-corrected chi connectivity index (χ3v) is 5.41. The first-order valence-corrected chi connectivity index (χ1v) is 9.14. The molecule has 0 spiro atoms. The van der Waals surface area contributed by atoms with E-state index in [2.05, 4.69) is 17.1 Å². The summed E-state index contributed by atoms with van der Waals surface area (Å²) in [5.41, 5.74) is 4.39. The normalized spacial score (nSPS) is 18.2. The summed E-state index contributed by atoms with van der Waals surface area (Å²) in [7, 11) is 0. The smallest absolute Gasteiger partial charge is 0.238 e. The summed E-state index contributed by atoms with van der Waals surface area (Å²) in [6, 6.07) is 13.9. The SMILES string of the molecule is O=C(CCl)N1CCc2c([nH]c3ccccc23)[C@H]1c1ccc2c(c1)OCO2. The number of carbonyl (C=O) groups excluding carboxylic acids is 1. The van der Waals surface area contributed by atoms with Gasteiger partial charge in [0.25, 0.3) is 0 Å². The Labute approximate surface area is 155 Å². The van der Waals surface area contributed by atoms with Crippen LogP contribution in [-0.2, 0) is 11.2 Å². The van der Waals surface area contributed by atoms with E-state index in [1.807, 2.05) is 35.2 Å². The molecule has 1 amide bonds. The number of aromatic nitrogens is 1. The minimum absolute atomic E-state index is 0.0311. The first kappa shape index (κ1) is 15.6. The number of nitrogens with one attached hydrogen (secondary N) is 1. The Morgan fingerprint density at radius 2 is 2.04 bits per heavy atom. The van der Waals surface area contributed by atoms with Crippen LogP contribution >= 0.6 is 11.6 Å². The molecule has 2 aromatic carbocycles. The van der Waals surface area contributed by atoms with Crippen LogP contribution in [0.25, 0.3) is 10.9 Å². The molecule has 26 heavy (non-hydrogen) atoms. The van der Waals surface area contributed by atoms with Crippen LogP contribution < -0.4 is 9.47 Å². The van der Waals surface area contributed by atoms with Crippen molar-refractivity contribution in [1.29, 1.82) is 0 Å². The van der Waals surface area contributed by atoms with E-state index in [9.17, 15) is 4.79 Å². The maximum Gasteiger partial charge on any atom is 0.238 e. The van der Waals surface area contributed by atoms with Crippen LogP contribution in [0.4, 0.5) is 0 Å². The van der Waals surface area contributed by atoms with Crippen molar-refractivity contribution in [3.05, 3.63) is 59.3 Å². The van der Waals surface area contributed by atoms with Gasteiger partial charge in [-0.05, 0) is 35.7 Å². The number of para-hydroxylation sites is 1. The number of carbonyl (C=O) groups is 1. The predicted molar refractivity (Wildman–Crippen MR) is 98.8 cm³/mol. The lowest BCUT2D eigenvalue weighted by Crippen LogP contribution is -2.41. The van der Waals surface area contributed by atoms with E-state index in [4.69, 9.17) is 21.1 Å². The van der Waals surface area contributed by atoms with Gasteiger partial charge in [-0.25, -0.2) is 0 Å². The van der Waals surface area contributed by atoms with Crippen LogP contribution in [0.1, 0.15) is 22.9 Å². The number of nitrogens with zero attached hydrogens (tertiary/aromatic N) is 1. The molecule has 0 saturated heterocycles. The summed E-state index contributed by atoms with van der Waals surface area (Å²) in [5.74, 6) is 1.34. The molecule has 0 aliphatic carbocycles. The molecule has 5 rings (SSSR count). The van der Waals surface area contributed by atoms with Gasteiger partial charge in [-0.15, -0.1) is 11.6 Å². The molecular formula is C20H17ClN2O3. The van der Waals surface area contributed by atoms with Gasteiger partial charge >= 0.3 is 0 Å². The molecule has 2 aliphatic rings. The number of fused-ring (bicyclic) bond motifs is 4. The highest BCUT2D eigenvalue weighted by Gasteiger charge is 2.34. The van der Waals surface area contributed by atoms with E-state index in [0.717, 1.165) is 28.9 Å². The molecule has 0 bridgehead atoms. The Bertz CT molecular complexity index is 1010. The molecular weight excluding hydrogens is 352 g/mol. The molecule has 3 aromatic rings. The van der Waals surface area contributed by atoms with E-state index in [1.165, 1.54) is 10.9 Å². The van der Waals surface area contributed by atoms with Gasteiger partial charge in [-0.2, -0.15) is 0 Å². The third kappa shape index (κ3) is 2.27. The van der Waals surface area contributed by atoms with Gasteiger partial charge in [0, 0.05) is 23.1 Å². The second-order valence-corrected chi connectivity index (χ2v) is 6.82. The largest absolute Gasteiger partial charge is 0.454 e. The highest BCUT2D eigenvalue weighted by molar-refractivity contribution is 6.27. The first-order valence-electron chi connectivity index (χ1n) is 8.60. The Kier molecular flexibility index (Phi) is 3.57. The van der Waals surface area contributed by atoms with Crippen LogP contribution in [0.5, 0.6) is 11.5 Å². The Balaban J connectivity index is 1.69. The lowest BCUT2D eigenvalue weighted by atomic mass is 9.92. The van der Waals surface area contributed by atoms with E-state index in [1.54, 1.807) is 0 Å². The van der Waals surface area contributed by atoms with Crippen molar-refractivity contribution >= 4 is 28.4 Å². The number of alkyl halides is 1. The van der Waals surface area contributed by atoms with E-state index < -0.39 is 0 Å². The van der Waals surface area contributed by atoms with Crippen molar-refractivity contribution in [3.8, 4) is 11.5 Å². The quantitative estimate of drug-likeness (QED) is 0.703. The first-order chi connectivity index (χ1) is 12.8. The minimum atomic E-state index is -0.216. The number of hydrogen-bond donors (Lipinski definition) is 1. The van der Waals surface area contributed by atoms with Gasteiger partial charge in [0.05, 0.1) is 6.04 Å². The standard InChI is InChI=1S/C20H17ClN2O3/c21-10-18(24)23-8-7-14-13-3-1-2-4-15(13)22-19(14)20(23)12-5-6-16-17(9-12)26-11-25-16/h1-6,9,20,22H,7-8,10-11H2/t20-/m1/s1. The van der Waals surface area contributed by atoms with Crippen LogP contribution in [0.2, 0.25) is 0 Å². The van der Waals surface area contributed by atoms with E-state index in [-0.39, 0.29) is 24.6 Å². The topological polar surface area (TPSA) is 54.6 Å². The van der Waals surface area contributed by atoms with Crippen molar-refractivity contribution in [3.63, 3.8) is 0 Å². The predicted octanol–water partition coefficient (Wildman–Crippen LogP) is 3.61. The average molecular weight is 369 g/mol. The van der Waals surface area contributed by atoms with Gasteiger partial charge in [-0.3, -0.25) is 4.79 Å². The van der Waals surface area contributed by atoms with Gasteiger partial charge in [-0.1, -0.05) is 24.3 Å². The highest BCUT2D eigenvalue weighted by atomic mass is 35.5. The van der Waals surface area contributed by atoms with Crippen LogP contribution in [-0.4, -0.2) is 35.0 Å². The molecule has 1 atom stereocenters. The number of rotatable bonds is 2. The number of H-pyrrole nitrogens is 1. The number of hydrogen-bond acceptors (Lipinski definition) is 3. The van der Waals surface area contributed by atoms with Crippen LogP contribution in [0.15, 0.2) is 42.5 Å². The molecule has 1 N–H and O–H groups in total. The van der Waals surface area contributed by atoms with Crippen molar-refractivity contribution in [2.45, 2.75) is 12.5 Å². The lowest BCUT2D eigenvalue weighted by molar-refractivity contribution is -0.130. The summed E-state index contributed by atoms with van der Waals surface area (Å²) >= 11 is 5.89. The molecule has 0 saturated carbocycles. The van der Waals surface area contributed by atoms with Crippen molar-refractivity contribution in [2.75, 3.05) is 19.2 Å². The second-order valence-electron chi connectivity index (χ2n) is 6.55. The molecule has 0 fully saturated rings. The zero-order valence-corrected chi connectivity index (χ0v) is 14.8. The van der Waals surface area contributed by atoms with Crippen molar-refractivity contribution in [1.82, 2.24) is 9.88 Å². The number of amides is 1. The number of benzene rings is 2. The minimum Gasteiger partial charge on any atom is -0.454 e. The average Bonchev–Trinajstić information content (AvgIpc) is 3.30. The summed E-state index contributed by atoms with van der Waals surface area (Å²) in [4.78, 5) is 17.9. The van der Waals surface area contributed by atoms with Crippen molar-refractivity contribution in [2.24, 2.45) is 0 Å². The molecule has 2 aliphatic heterocycles. The summed E-state index contributed by atoms with van der Waals surface area (Å²) in [6.45, 7) is 0.866. The highest BCUT2D eigenvalue weighted by Crippen LogP contribution is 2.42. The number of halogens is 1. The fourth-order valence-corrected chi connectivity index (χ4v) is 4.17. The van der Waals surface area contributed by atoms with E-state index in [0.29, 0.717) is 12.3 Å². The van der Waals surface area contributed by atoms with Gasteiger partial charge in [0.15, 0.2) is 11.5 Å². The van der Waals surface area contributed by atoms with Crippen LogP contribution in [0.3, 0.4) is 0 Å². The van der Waals surface area contributed by atoms with Crippen LogP contribution in [0, 0.1) is 0 Å². The van der Waals surface area contributed by atoms with Gasteiger partial charge in [0.2, 0.25) is 12.7 Å². The molecule has 0 unspecified atom stereocenters. The monoisotopic (exact) mass is 368 g/mol. The summed E-state index contributed by atoms with van der Waals surface area (Å²) < 4.78 is 11.0. The Morgan fingerprint density at radius 3 is 2.92 bits per heavy atom. The van der Waals surface area contributed by atoms with Gasteiger partial charge in [0.1, 0.15) is 5.88 Å². The number of aromatic amines is 1. The zero-order valence-electron chi connectivity index (χ0n) is 14.0. The molecule has 0 radical (unpaired) electrons. The number of ether oxygens (including phenoxy) is 2. The molecule has 3 heterocycles. The maximum atomic E-state index is 12.5. The van der Waals surface area contributed by atoms with E-state index >= 15 is 0 Å². The Hall–Kier alpha value is -2.66. The maximum absolute atomic E-state index is 12.5. The third-order valence-electron chi connectivity index (χ3n) is 5.18. The lowest BCUT2D eigenvalue weighted by Gasteiger charge is -2.36. The second kappa shape index (κ2) is 5.95. The molecule has 1 aromatic heterocycles. The fourth-order valence-electron chi connectivity index (χ4n) is 4.02. The molecule has 6 heteroatoms. The zero-order chi connectivity index (χ0) is 17.7. The fraction of sp³-hybridized carbons (Fsp3) is 0.250. The Morgan fingerprint density at radius 1 is 1.19 bits per heavy atom. The molecule has 5 nitrogen and oxygen atoms in total. The van der Waals surface area contributed by atoms with Crippen molar-refractivity contribution < 1.29 is 14.3 Å². The summed E-state index contributed by atoms with van der Waals surface area (Å²) in [6.07, 6.45) is 0.809.